The number of nitrogens with one attached hydrogen (secondary N) is 1. The maximum atomic E-state index is 13.0. The van der Waals surface area contributed by atoms with E-state index in [0.717, 1.165) is 28.6 Å². The van der Waals surface area contributed by atoms with Crippen LogP contribution in [0.15, 0.2) is 59.5 Å². The zero-order valence-electron chi connectivity index (χ0n) is 13.8. The first-order chi connectivity index (χ1) is 12.3. The quantitative estimate of drug-likeness (QED) is 0.428. The molecular weight excluding hydrogens is 362 g/mol. The van der Waals surface area contributed by atoms with Crippen molar-refractivity contribution < 1.29 is 23.3 Å². The number of carbonyl (C=O) groups excluding carboxylic acids is 1. The number of nitro benzene ring substituents is 1. The third-order valence-electron chi connectivity index (χ3n) is 3.76. The molecule has 2 aromatic carbocycles. The van der Waals surface area contributed by atoms with E-state index in [2.05, 4.69) is 0 Å². The lowest BCUT2D eigenvalue weighted by Crippen LogP contribution is -2.46. The van der Waals surface area contributed by atoms with Crippen LogP contribution in [0.25, 0.3) is 0 Å². The molecule has 1 atom stereocenters. The van der Waals surface area contributed by atoms with E-state index in [4.69, 9.17) is 5.21 Å². The van der Waals surface area contributed by atoms with Gasteiger partial charge in [0.15, 0.2) is 0 Å². The largest absolute Gasteiger partial charge is 0.289 e. The van der Waals surface area contributed by atoms with Crippen LogP contribution in [0, 0.1) is 10.1 Å². The smallest absolute Gasteiger partial charge is 0.269 e. The van der Waals surface area contributed by atoms with Crippen molar-refractivity contribution in [3.05, 3.63) is 70.3 Å². The number of hydroxylamine groups is 1. The van der Waals surface area contributed by atoms with Gasteiger partial charge in [0.2, 0.25) is 10.0 Å². The van der Waals surface area contributed by atoms with Gasteiger partial charge in [-0.3, -0.25) is 20.1 Å². The molecule has 0 saturated carbocycles. The van der Waals surface area contributed by atoms with Crippen LogP contribution in [-0.4, -0.2) is 34.8 Å². The molecule has 0 aromatic heterocycles. The summed E-state index contributed by atoms with van der Waals surface area (Å²) in [5.74, 6) is -0.897. The average molecular weight is 379 g/mol. The topological polar surface area (TPSA) is 130 Å². The van der Waals surface area contributed by atoms with Gasteiger partial charge >= 0.3 is 0 Å². The summed E-state index contributed by atoms with van der Waals surface area (Å²) in [7, 11) is -4.16. The van der Waals surface area contributed by atoms with Crippen molar-refractivity contribution in [3.8, 4) is 0 Å². The zero-order chi connectivity index (χ0) is 19.3. The Kier molecular flexibility index (Phi) is 6.03. The van der Waals surface area contributed by atoms with Crippen LogP contribution in [0.5, 0.6) is 0 Å². The van der Waals surface area contributed by atoms with Crippen molar-refractivity contribution in [1.82, 2.24) is 9.79 Å². The number of hydrogen-bond donors (Lipinski definition) is 2. The Balaban J connectivity index is 2.44. The van der Waals surface area contributed by atoms with E-state index in [1.54, 1.807) is 30.3 Å². The SMILES string of the molecule is C[C@@H](C(=O)NO)N(Cc1ccccc1)S(=O)(=O)c1ccc([N+](=O)[O-])cc1. The van der Waals surface area contributed by atoms with Gasteiger partial charge in [-0.05, 0) is 24.6 Å². The predicted octanol–water partition coefficient (Wildman–Crippen LogP) is 1.68. The fraction of sp³-hybridized carbons (Fsp3) is 0.188. The van der Waals surface area contributed by atoms with E-state index in [9.17, 15) is 23.3 Å². The Morgan fingerprint density at radius 1 is 1.19 bits per heavy atom. The Morgan fingerprint density at radius 3 is 2.27 bits per heavy atom. The molecule has 0 fully saturated rings. The molecule has 0 bridgehead atoms. The Labute approximate surface area is 150 Å². The van der Waals surface area contributed by atoms with E-state index in [1.165, 1.54) is 12.4 Å². The van der Waals surface area contributed by atoms with E-state index in [0.29, 0.717) is 5.56 Å². The molecule has 1 amide bonds. The molecule has 0 heterocycles. The number of hydrogen-bond acceptors (Lipinski definition) is 6. The molecule has 0 saturated heterocycles. The van der Waals surface area contributed by atoms with Gasteiger partial charge in [0.1, 0.15) is 6.04 Å². The number of sulfonamides is 1. The standard InChI is InChI=1S/C16H17N3O6S/c1-12(16(20)17-21)18(11-13-5-3-2-4-6-13)26(24,25)15-9-7-14(8-10-15)19(22)23/h2-10,12,21H,11H2,1H3,(H,17,20)/t12-/m0/s1. The minimum atomic E-state index is -4.16. The summed E-state index contributed by atoms with van der Waals surface area (Å²) in [6.45, 7) is 1.21. The van der Waals surface area contributed by atoms with E-state index < -0.39 is 26.9 Å². The Hall–Kier alpha value is -2.82. The lowest BCUT2D eigenvalue weighted by atomic mass is 10.2. The van der Waals surface area contributed by atoms with Crippen LogP contribution < -0.4 is 5.48 Å². The number of rotatable bonds is 7. The highest BCUT2D eigenvalue weighted by Crippen LogP contribution is 2.23. The monoisotopic (exact) mass is 379 g/mol. The molecule has 0 spiro atoms. The molecule has 2 rings (SSSR count). The van der Waals surface area contributed by atoms with Crippen LogP contribution in [0.1, 0.15) is 12.5 Å². The first-order valence-corrected chi connectivity index (χ1v) is 8.95. The lowest BCUT2D eigenvalue weighted by molar-refractivity contribution is -0.384. The van der Waals surface area contributed by atoms with Gasteiger partial charge < -0.3 is 0 Å². The van der Waals surface area contributed by atoms with Crippen LogP contribution in [0.4, 0.5) is 5.69 Å². The molecule has 0 aliphatic carbocycles. The van der Waals surface area contributed by atoms with Crippen LogP contribution in [0.2, 0.25) is 0 Å². The molecule has 2 N–H and O–H groups in total. The molecule has 9 nitrogen and oxygen atoms in total. The fourth-order valence-corrected chi connectivity index (χ4v) is 3.87. The minimum Gasteiger partial charge on any atom is -0.289 e. The molecular formula is C16H17N3O6S. The van der Waals surface area contributed by atoms with Crippen molar-refractivity contribution in [2.45, 2.75) is 24.4 Å². The summed E-state index contributed by atoms with van der Waals surface area (Å²) < 4.78 is 26.9. The summed E-state index contributed by atoms with van der Waals surface area (Å²) in [5.41, 5.74) is 1.83. The lowest BCUT2D eigenvalue weighted by Gasteiger charge is -2.27. The highest BCUT2D eigenvalue weighted by Gasteiger charge is 2.33. The molecule has 26 heavy (non-hydrogen) atoms. The van der Waals surface area contributed by atoms with Crippen molar-refractivity contribution in [2.24, 2.45) is 0 Å². The molecule has 10 heteroatoms. The van der Waals surface area contributed by atoms with Crippen molar-refractivity contribution >= 4 is 21.6 Å². The number of benzene rings is 2. The first-order valence-electron chi connectivity index (χ1n) is 7.51. The molecule has 138 valence electrons. The van der Waals surface area contributed by atoms with Gasteiger partial charge in [-0.2, -0.15) is 4.31 Å². The molecule has 0 aliphatic rings. The summed E-state index contributed by atoms with van der Waals surface area (Å²) in [6, 6.07) is 11.8. The van der Waals surface area contributed by atoms with Crippen molar-refractivity contribution in [1.29, 1.82) is 0 Å². The second-order valence-corrected chi connectivity index (χ2v) is 7.33. The summed E-state index contributed by atoms with van der Waals surface area (Å²) in [6.07, 6.45) is 0. The first kappa shape index (κ1) is 19.5. The Morgan fingerprint density at radius 2 is 1.77 bits per heavy atom. The molecule has 2 aromatic rings. The highest BCUT2D eigenvalue weighted by molar-refractivity contribution is 7.89. The van der Waals surface area contributed by atoms with Gasteiger partial charge in [-0.15, -0.1) is 0 Å². The molecule has 0 radical (unpaired) electrons. The molecule has 0 aliphatic heterocycles. The van der Waals surface area contributed by atoms with Gasteiger partial charge in [-0.1, -0.05) is 30.3 Å². The summed E-state index contributed by atoms with van der Waals surface area (Å²) >= 11 is 0. The van der Waals surface area contributed by atoms with Crippen molar-refractivity contribution in [3.63, 3.8) is 0 Å². The van der Waals surface area contributed by atoms with Gasteiger partial charge in [0, 0.05) is 18.7 Å². The second kappa shape index (κ2) is 8.04. The maximum absolute atomic E-state index is 13.0. The van der Waals surface area contributed by atoms with Gasteiger partial charge in [0.05, 0.1) is 9.82 Å². The van der Waals surface area contributed by atoms with Crippen LogP contribution in [-0.2, 0) is 21.4 Å². The second-order valence-electron chi connectivity index (χ2n) is 5.44. The van der Waals surface area contributed by atoms with E-state index in [-0.39, 0.29) is 17.1 Å². The number of nitro groups is 1. The van der Waals surface area contributed by atoms with Crippen molar-refractivity contribution in [2.75, 3.05) is 0 Å². The maximum Gasteiger partial charge on any atom is 0.269 e. The van der Waals surface area contributed by atoms with Crippen LogP contribution >= 0.6 is 0 Å². The van der Waals surface area contributed by atoms with Crippen LogP contribution in [0.3, 0.4) is 0 Å². The van der Waals surface area contributed by atoms with E-state index in [1.807, 2.05) is 0 Å². The number of nitrogens with zero attached hydrogens (tertiary/aromatic N) is 2. The number of amides is 1. The van der Waals surface area contributed by atoms with Gasteiger partial charge in [-0.25, -0.2) is 13.9 Å². The third kappa shape index (κ3) is 4.23. The Bertz CT molecular complexity index is 884. The van der Waals surface area contributed by atoms with E-state index >= 15 is 0 Å². The van der Waals surface area contributed by atoms with Gasteiger partial charge in [0.25, 0.3) is 11.6 Å². The summed E-state index contributed by atoms with van der Waals surface area (Å²) in [4.78, 5) is 21.7. The average Bonchev–Trinajstić information content (AvgIpc) is 2.65. The predicted molar refractivity (Wildman–Crippen MR) is 91.7 cm³/mol. The highest BCUT2D eigenvalue weighted by atomic mass is 32.2. The summed E-state index contributed by atoms with van der Waals surface area (Å²) in [5, 5.41) is 19.6. The number of non-ortho nitro benzene ring substituents is 1. The normalized spacial score (nSPS) is 12.6. The minimum absolute atomic E-state index is 0.116. The molecule has 0 unspecified atom stereocenters. The zero-order valence-corrected chi connectivity index (χ0v) is 14.6. The number of carbonyl (C=O) groups is 1. The third-order valence-corrected chi connectivity index (χ3v) is 5.69. The fourth-order valence-electron chi connectivity index (χ4n) is 2.29.